The second kappa shape index (κ2) is 11.0. The van der Waals surface area contributed by atoms with E-state index in [4.69, 9.17) is 4.74 Å². The van der Waals surface area contributed by atoms with Crippen LogP contribution in [0.3, 0.4) is 0 Å². The van der Waals surface area contributed by atoms with Gasteiger partial charge in [-0.05, 0) is 63.1 Å². The zero-order valence-corrected chi connectivity index (χ0v) is 23.6. The first-order chi connectivity index (χ1) is 19.6. The average molecular weight is 561 g/mol. The molecule has 1 aliphatic heterocycles. The summed E-state index contributed by atoms with van der Waals surface area (Å²) in [6.07, 6.45) is 2.43. The Morgan fingerprint density at radius 1 is 1.12 bits per heavy atom. The lowest BCUT2D eigenvalue weighted by Crippen LogP contribution is -2.44. The molecular weight excluding hydrogens is 527 g/mol. The van der Waals surface area contributed by atoms with E-state index in [1.807, 2.05) is 32.9 Å². The van der Waals surface area contributed by atoms with Crippen molar-refractivity contribution in [2.24, 2.45) is 0 Å². The van der Waals surface area contributed by atoms with E-state index >= 15 is 0 Å². The quantitative estimate of drug-likeness (QED) is 0.216. The Morgan fingerprint density at radius 3 is 2.66 bits per heavy atom. The van der Waals surface area contributed by atoms with Crippen LogP contribution in [0.1, 0.15) is 36.7 Å². The Hall–Kier alpha value is -4.71. The Labute approximate surface area is 236 Å². The van der Waals surface area contributed by atoms with E-state index in [2.05, 4.69) is 36.2 Å². The SMILES string of the molecule is CNC(=O)c1c(F)cccc1Nc1nc(Nc2cc3c(cc2OC)CCN3C(=O)CNC(C)(C)C)nc2[nH]ccc12. The first-order valence-electron chi connectivity index (χ1n) is 13.2. The molecule has 4 aromatic rings. The monoisotopic (exact) mass is 560 g/mol. The number of ether oxygens (including phenoxy) is 1. The molecule has 0 bridgehead atoms. The smallest absolute Gasteiger partial charge is 0.256 e. The van der Waals surface area contributed by atoms with Gasteiger partial charge in [0.25, 0.3) is 5.91 Å². The number of aromatic amines is 1. The molecule has 0 aliphatic carbocycles. The first kappa shape index (κ1) is 27.8. The molecule has 2 aromatic heterocycles. The zero-order chi connectivity index (χ0) is 29.3. The van der Waals surface area contributed by atoms with Crippen LogP contribution in [0.2, 0.25) is 0 Å². The number of hydrogen-bond acceptors (Lipinski definition) is 8. The van der Waals surface area contributed by atoms with Crippen molar-refractivity contribution in [1.82, 2.24) is 25.6 Å². The van der Waals surface area contributed by atoms with Crippen LogP contribution < -0.4 is 30.9 Å². The third kappa shape index (κ3) is 5.78. The van der Waals surface area contributed by atoms with Crippen LogP contribution in [0.15, 0.2) is 42.6 Å². The molecule has 3 heterocycles. The Kier molecular flexibility index (Phi) is 7.50. The lowest BCUT2D eigenvalue weighted by atomic mass is 10.1. The highest BCUT2D eigenvalue weighted by Crippen LogP contribution is 2.39. The minimum atomic E-state index is -0.660. The molecule has 5 N–H and O–H groups in total. The maximum Gasteiger partial charge on any atom is 0.256 e. The van der Waals surface area contributed by atoms with Crippen molar-refractivity contribution in [3.63, 3.8) is 0 Å². The largest absolute Gasteiger partial charge is 0.495 e. The number of hydrogen-bond donors (Lipinski definition) is 5. The van der Waals surface area contributed by atoms with Crippen LogP contribution in [0.4, 0.5) is 33.2 Å². The molecule has 0 radical (unpaired) electrons. The van der Waals surface area contributed by atoms with Gasteiger partial charge in [-0.2, -0.15) is 9.97 Å². The summed E-state index contributed by atoms with van der Waals surface area (Å²) in [5.74, 6) is -0.0896. The molecule has 2 amide bonds. The Morgan fingerprint density at radius 2 is 1.93 bits per heavy atom. The van der Waals surface area contributed by atoms with Crippen molar-refractivity contribution in [2.75, 3.05) is 42.8 Å². The predicted octanol–water partition coefficient (Wildman–Crippen LogP) is 4.23. The average Bonchev–Trinajstić information content (AvgIpc) is 3.57. The molecule has 0 saturated carbocycles. The Balaban J connectivity index is 1.48. The second-order valence-electron chi connectivity index (χ2n) is 10.7. The van der Waals surface area contributed by atoms with Gasteiger partial charge in [0.15, 0.2) is 0 Å². The summed E-state index contributed by atoms with van der Waals surface area (Å²) in [6, 6.07) is 9.90. The van der Waals surface area contributed by atoms with Crippen molar-refractivity contribution in [3.05, 3.63) is 59.5 Å². The molecule has 11 nitrogen and oxygen atoms in total. The third-order valence-corrected chi connectivity index (χ3v) is 6.75. The molecule has 0 fully saturated rings. The van der Waals surface area contributed by atoms with Crippen LogP contribution in [0.5, 0.6) is 5.75 Å². The molecule has 0 atom stereocenters. The fourth-order valence-electron chi connectivity index (χ4n) is 4.70. The minimum Gasteiger partial charge on any atom is -0.495 e. The summed E-state index contributed by atoms with van der Waals surface area (Å²) < 4.78 is 20.3. The Bertz CT molecular complexity index is 1630. The number of H-pyrrole nitrogens is 1. The van der Waals surface area contributed by atoms with Gasteiger partial charge in [0, 0.05) is 31.0 Å². The minimum absolute atomic E-state index is 0.0210. The number of anilines is 5. The number of rotatable bonds is 8. The molecule has 2 aromatic carbocycles. The fourth-order valence-corrected chi connectivity index (χ4v) is 4.70. The summed E-state index contributed by atoms with van der Waals surface area (Å²) in [7, 11) is 3.01. The van der Waals surface area contributed by atoms with Gasteiger partial charge in [0.1, 0.15) is 23.0 Å². The van der Waals surface area contributed by atoms with Crippen LogP contribution in [0.25, 0.3) is 11.0 Å². The van der Waals surface area contributed by atoms with E-state index < -0.39 is 11.7 Å². The number of aromatic nitrogens is 3. The van der Waals surface area contributed by atoms with E-state index in [1.165, 1.54) is 19.2 Å². The number of halogens is 1. The number of carbonyl (C=O) groups excluding carboxylic acids is 2. The maximum absolute atomic E-state index is 14.6. The fraction of sp³-hybridized carbons (Fsp3) is 0.310. The topological polar surface area (TPSA) is 136 Å². The highest BCUT2D eigenvalue weighted by Gasteiger charge is 2.27. The maximum atomic E-state index is 14.6. The molecule has 0 saturated heterocycles. The van der Waals surface area contributed by atoms with Gasteiger partial charge in [0.05, 0.1) is 36.0 Å². The van der Waals surface area contributed by atoms with Gasteiger partial charge >= 0.3 is 0 Å². The van der Waals surface area contributed by atoms with Crippen LogP contribution >= 0.6 is 0 Å². The highest BCUT2D eigenvalue weighted by molar-refractivity contribution is 6.02. The van der Waals surface area contributed by atoms with Crippen molar-refractivity contribution in [2.45, 2.75) is 32.7 Å². The number of amides is 2. The molecule has 0 unspecified atom stereocenters. The van der Waals surface area contributed by atoms with Crippen LogP contribution in [-0.4, -0.2) is 59.6 Å². The highest BCUT2D eigenvalue weighted by atomic mass is 19.1. The lowest BCUT2D eigenvalue weighted by Gasteiger charge is -2.24. The van der Waals surface area contributed by atoms with E-state index in [9.17, 15) is 14.0 Å². The molecule has 41 heavy (non-hydrogen) atoms. The summed E-state index contributed by atoms with van der Waals surface area (Å²) in [6.45, 7) is 6.85. The van der Waals surface area contributed by atoms with Crippen LogP contribution in [0, 0.1) is 5.82 Å². The zero-order valence-electron chi connectivity index (χ0n) is 23.6. The van der Waals surface area contributed by atoms with Gasteiger partial charge in [-0.25, -0.2) is 4.39 Å². The molecule has 5 rings (SSSR count). The van der Waals surface area contributed by atoms with Gasteiger partial charge in [-0.15, -0.1) is 0 Å². The van der Waals surface area contributed by atoms with Gasteiger partial charge in [0.2, 0.25) is 11.9 Å². The molecule has 1 aliphatic rings. The number of carbonyl (C=O) groups is 2. The third-order valence-electron chi connectivity index (χ3n) is 6.75. The van der Waals surface area contributed by atoms with E-state index in [0.29, 0.717) is 41.3 Å². The predicted molar refractivity (Wildman–Crippen MR) is 157 cm³/mol. The summed E-state index contributed by atoms with van der Waals surface area (Å²) >= 11 is 0. The van der Waals surface area contributed by atoms with E-state index in [0.717, 1.165) is 11.3 Å². The molecule has 0 spiro atoms. The van der Waals surface area contributed by atoms with Crippen molar-refractivity contribution >= 4 is 51.7 Å². The lowest BCUT2D eigenvalue weighted by molar-refractivity contribution is -0.118. The number of nitrogens with zero attached hydrogens (tertiary/aromatic N) is 3. The second-order valence-corrected chi connectivity index (χ2v) is 10.7. The summed E-state index contributed by atoms with van der Waals surface area (Å²) in [5.41, 5.74) is 2.84. The normalized spacial score (nSPS) is 12.8. The number of nitrogens with one attached hydrogen (secondary N) is 5. The number of fused-ring (bicyclic) bond motifs is 2. The van der Waals surface area contributed by atoms with Gasteiger partial charge in [-0.3, -0.25) is 9.59 Å². The number of methoxy groups -OCH3 is 1. The van der Waals surface area contributed by atoms with Gasteiger partial charge in [-0.1, -0.05) is 6.07 Å². The summed E-state index contributed by atoms with van der Waals surface area (Å²) in [4.78, 5) is 39.5. The molecular formula is C29H33FN8O3. The molecule has 12 heteroatoms. The van der Waals surface area contributed by atoms with Crippen molar-refractivity contribution in [3.8, 4) is 5.75 Å². The van der Waals surface area contributed by atoms with Crippen LogP contribution in [-0.2, 0) is 11.2 Å². The van der Waals surface area contributed by atoms with E-state index in [1.54, 1.807) is 30.3 Å². The first-order valence-corrected chi connectivity index (χ1v) is 13.2. The standard InChI is InChI=1S/C29H33FN8O3/c1-29(2,3)33-15-23(39)38-12-10-16-13-22(41-5)20(14-21(16)38)35-28-36-25-17(9-11-32-25)26(37-28)34-19-8-6-7-18(30)24(19)27(40)31-4/h6-9,11,13-14,33H,10,12,15H2,1-5H3,(H,31,40)(H3,32,34,35,36,37). The van der Waals surface area contributed by atoms with Gasteiger partial charge < -0.3 is 35.9 Å². The van der Waals surface area contributed by atoms with E-state index in [-0.39, 0.29) is 35.2 Å². The summed E-state index contributed by atoms with van der Waals surface area (Å²) in [5, 5.41) is 12.7. The van der Waals surface area contributed by atoms with Crippen molar-refractivity contribution < 1.29 is 18.7 Å². The number of benzene rings is 2. The van der Waals surface area contributed by atoms with Crippen molar-refractivity contribution in [1.29, 1.82) is 0 Å². The molecule has 214 valence electrons.